The van der Waals surface area contributed by atoms with Gasteiger partial charge in [0.1, 0.15) is 5.78 Å². The predicted molar refractivity (Wildman–Crippen MR) is 51.7 cm³/mol. The van der Waals surface area contributed by atoms with Crippen molar-refractivity contribution < 1.29 is 24.0 Å². The Bertz CT molecular complexity index is 320. The largest absolute Gasteiger partial charge is 0.333 e. The summed E-state index contributed by atoms with van der Waals surface area (Å²) in [4.78, 5) is 48.5. The van der Waals surface area contributed by atoms with Crippen LogP contribution in [0, 0.1) is 0 Å². The summed E-state index contributed by atoms with van der Waals surface area (Å²) in [6.07, 6.45) is 0.844. The SMILES string of the molecule is CC(=O)CCCC(=O)ON1C(=O)CCC1=O. The molecule has 0 aromatic rings. The van der Waals surface area contributed by atoms with Crippen molar-refractivity contribution in [1.82, 2.24) is 5.06 Å². The Labute approximate surface area is 92.5 Å². The minimum Gasteiger partial charge on any atom is -0.330 e. The van der Waals surface area contributed by atoms with E-state index in [1.807, 2.05) is 0 Å². The number of hydroxylamine groups is 2. The summed E-state index contributed by atoms with van der Waals surface area (Å²) in [6, 6.07) is 0. The van der Waals surface area contributed by atoms with Crippen LogP contribution in [0.2, 0.25) is 0 Å². The fourth-order valence-electron chi connectivity index (χ4n) is 1.29. The number of carbonyl (C=O) groups is 4. The van der Waals surface area contributed by atoms with Crippen molar-refractivity contribution in [1.29, 1.82) is 0 Å². The molecule has 1 heterocycles. The lowest BCUT2D eigenvalue weighted by atomic mass is 10.2. The molecule has 16 heavy (non-hydrogen) atoms. The summed E-state index contributed by atoms with van der Waals surface area (Å²) in [5.41, 5.74) is 0. The molecular formula is C10H13NO5. The standard InChI is InChI=1S/C10H13NO5/c1-7(12)3-2-4-10(15)16-11-8(13)5-6-9(11)14/h2-6H2,1H3. The lowest BCUT2D eigenvalue weighted by Gasteiger charge is -2.12. The van der Waals surface area contributed by atoms with Gasteiger partial charge < -0.3 is 9.63 Å². The fourth-order valence-corrected chi connectivity index (χ4v) is 1.29. The van der Waals surface area contributed by atoms with Gasteiger partial charge >= 0.3 is 5.97 Å². The number of nitrogens with zero attached hydrogens (tertiary/aromatic N) is 1. The fraction of sp³-hybridized carbons (Fsp3) is 0.600. The molecule has 6 nitrogen and oxygen atoms in total. The Balaban J connectivity index is 2.31. The van der Waals surface area contributed by atoms with Gasteiger partial charge in [0.25, 0.3) is 11.8 Å². The average molecular weight is 227 g/mol. The Hall–Kier alpha value is -1.72. The number of Topliss-reactive ketones (excluding diaryl/α,β-unsaturated/α-hetero) is 1. The van der Waals surface area contributed by atoms with Gasteiger partial charge in [0.2, 0.25) is 0 Å². The maximum atomic E-state index is 11.2. The van der Waals surface area contributed by atoms with Crippen LogP contribution in [-0.2, 0) is 24.0 Å². The Morgan fingerprint density at radius 3 is 2.25 bits per heavy atom. The minimum absolute atomic E-state index is 0.0128. The van der Waals surface area contributed by atoms with Crippen LogP contribution in [-0.4, -0.2) is 28.6 Å². The highest BCUT2D eigenvalue weighted by Crippen LogP contribution is 2.13. The maximum Gasteiger partial charge on any atom is 0.333 e. The first-order valence-corrected chi connectivity index (χ1v) is 5.06. The summed E-state index contributed by atoms with van der Waals surface area (Å²) in [6.45, 7) is 1.43. The van der Waals surface area contributed by atoms with E-state index in [1.165, 1.54) is 6.92 Å². The summed E-state index contributed by atoms with van der Waals surface area (Å²) in [5.74, 6) is -1.67. The Kier molecular flexibility index (Phi) is 4.16. The van der Waals surface area contributed by atoms with E-state index < -0.39 is 17.8 Å². The third kappa shape index (κ3) is 3.45. The van der Waals surface area contributed by atoms with Crippen LogP contribution in [0.15, 0.2) is 0 Å². The molecule has 0 aliphatic carbocycles. The number of imide groups is 1. The van der Waals surface area contributed by atoms with E-state index in [0.717, 1.165) is 0 Å². The van der Waals surface area contributed by atoms with Crippen molar-refractivity contribution in [3.8, 4) is 0 Å². The molecule has 1 saturated heterocycles. The van der Waals surface area contributed by atoms with E-state index in [9.17, 15) is 19.2 Å². The molecule has 0 saturated carbocycles. The third-order valence-corrected chi connectivity index (χ3v) is 2.11. The number of rotatable bonds is 5. The highest BCUT2D eigenvalue weighted by Gasteiger charge is 2.32. The van der Waals surface area contributed by atoms with Crippen LogP contribution in [0.1, 0.15) is 39.0 Å². The molecule has 0 aromatic heterocycles. The van der Waals surface area contributed by atoms with E-state index >= 15 is 0 Å². The van der Waals surface area contributed by atoms with Crippen molar-refractivity contribution >= 4 is 23.6 Å². The molecule has 0 atom stereocenters. The van der Waals surface area contributed by atoms with Gasteiger partial charge in [-0.1, -0.05) is 0 Å². The van der Waals surface area contributed by atoms with Crippen molar-refractivity contribution in [2.75, 3.05) is 0 Å². The second kappa shape index (κ2) is 5.39. The summed E-state index contributed by atoms with van der Waals surface area (Å²) in [7, 11) is 0. The van der Waals surface area contributed by atoms with Gasteiger partial charge in [-0.25, -0.2) is 4.79 Å². The zero-order valence-electron chi connectivity index (χ0n) is 9.02. The van der Waals surface area contributed by atoms with Gasteiger partial charge in [-0.3, -0.25) is 9.59 Å². The summed E-state index contributed by atoms with van der Waals surface area (Å²) >= 11 is 0. The molecular weight excluding hydrogens is 214 g/mol. The van der Waals surface area contributed by atoms with Gasteiger partial charge in [-0.15, -0.1) is 5.06 Å². The normalized spacial score (nSPS) is 15.4. The number of hydrogen-bond donors (Lipinski definition) is 0. The molecule has 0 N–H and O–H groups in total. The molecule has 1 fully saturated rings. The highest BCUT2D eigenvalue weighted by atomic mass is 16.7. The highest BCUT2D eigenvalue weighted by molar-refractivity contribution is 6.01. The number of carbonyl (C=O) groups excluding carboxylic acids is 4. The van der Waals surface area contributed by atoms with Crippen LogP contribution < -0.4 is 0 Å². The van der Waals surface area contributed by atoms with Crippen LogP contribution >= 0.6 is 0 Å². The van der Waals surface area contributed by atoms with Crippen LogP contribution in [0.3, 0.4) is 0 Å². The van der Waals surface area contributed by atoms with Crippen LogP contribution in [0.25, 0.3) is 0 Å². The molecule has 88 valence electrons. The van der Waals surface area contributed by atoms with Crippen molar-refractivity contribution in [3.63, 3.8) is 0 Å². The van der Waals surface area contributed by atoms with E-state index in [2.05, 4.69) is 4.84 Å². The topological polar surface area (TPSA) is 80.8 Å². The van der Waals surface area contributed by atoms with E-state index in [-0.39, 0.29) is 31.5 Å². The average Bonchev–Trinajstić information content (AvgIpc) is 2.49. The molecule has 0 bridgehead atoms. The van der Waals surface area contributed by atoms with E-state index in [1.54, 1.807) is 0 Å². The zero-order chi connectivity index (χ0) is 12.1. The molecule has 0 radical (unpaired) electrons. The minimum atomic E-state index is -0.662. The Morgan fingerprint density at radius 1 is 1.19 bits per heavy atom. The van der Waals surface area contributed by atoms with Gasteiger partial charge in [-0.2, -0.15) is 0 Å². The van der Waals surface area contributed by atoms with Crippen molar-refractivity contribution in [2.24, 2.45) is 0 Å². The van der Waals surface area contributed by atoms with Gasteiger partial charge in [-0.05, 0) is 13.3 Å². The number of amides is 2. The molecule has 0 spiro atoms. The van der Waals surface area contributed by atoms with Crippen molar-refractivity contribution in [2.45, 2.75) is 39.0 Å². The Morgan fingerprint density at radius 2 is 1.75 bits per heavy atom. The number of hydrogen-bond acceptors (Lipinski definition) is 5. The lowest BCUT2D eigenvalue weighted by molar-refractivity contribution is -0.197. The summed E-state index contributed by atoms with van der Waals surface area (Å²) < 4.78 is 0. The lowest BCUT2D eigenvalue weighted by Crippen LogP contribution is -2.31. The first-order valence-electron chi connectivity index (χ1n) is 5.06. The first kappa shape index (κ1) is 12.4. The predicted octanol–water partition coefficient (Wildman–Crippen LogP) is 0.353. The second-order valence-electron chi connectivity index (χ2n) is 3.60. The first-order chi connectivity index (χ1) is 7.50. The van der Waals surface area contributed by atoms with E-state index in [4.69, 9.17) is 0 Å². The van der Waals surface area contributed by atoms with E-state index in [0.29, 0.717) is 11.5 Å². The number of ketones is 1. The van der Waals surface area contributed by atoms with Crippen molar-refractivity contribution in [3.05, 3.63) is 0 Å². The maximum absolute atomic E-state index is 11.2. The molecule has 0 unspecified atom stereocenters. The molecule has 1 aliphatic rings. The van der Waals surface area contributed by atoms with Crippen LogP contribution in [0.5, 0.6) is 0 Å². The van der Waals surface area contributed by atoms with Gasteiger partial charge in [0, 0.05) is 25.7 Å². The molecule has 6 heteroatoms. The van der Waals surface area contributed by atoms with Crippen LogP contribution in [0.4, 0.5) is 0 Å². The molecule has 2 amide bonds. The molecule has 0 aromatic carbocycles. The van der Waals surface area contributed by atoms with Gasteiger partial charge in [0.15, 0.2) is 0 Å². The van der Waals surface area contributed by atoms with Gasteiger partial charge in [0.05, 0.1) is 0 Å². The second-order valence-corrected chi connectivity index (χ2v) is 3.60. The molecule has 1 rings (SSSR count). The summed E-state index contributed by atoms with van der Waals surface area (Å²) in [5, 5.41) is 0.510. The zero-order valence-corrected chi connectivity index (χ0v) is 9.02. The third-order valence-electron chi connectivity index (χ3n) is 2.11. The quantitative estimate of drug-likeness (QED) is 0.633. The monoisotopic (exact) mass is 227 g/mol. The molecule has 1 aliphatic heterocycles. The smallest absolute Gasteiger partial charge is 0.330 e.